The van der Waals surface area contributed by atoms with Crippen molar-refractivity contribution in [2.75, 3.05) is 0 Å². The molecule has 2 heteroatoms. The predicted octanol–water partition coefficient (Wildman–Crippen LogP) is 4.38. The van der Waals surface area contributed by atoms with Gasteiger partial charge in [-0.05, 0) is 26.7 Å². The molecule has 0 aromatic heterocycles. The van der Waals surface area contributed by atoms with Crippen molar-refractivity contribution in [3.63, 3.8) is 0 Å². The summed E-state index contributed by atoms with van der Waals surface area (Å²) >= 11 is 0. The van der Waals surface area contributed by atoms with Crippen LogP contribution in [0.4, 0.5) is 0 Å². The molecular weight excluding hydrogens is 188 g/mol. The minimum Gasteiger partial charge on any atom is -0.345 e. The highest BCUT2D eigenvalue weighted by molar-refractivity contribution is 4.79. The molecule has 1 rings (SSSR count). The van der Waals surface area contributed by atoms with Crippen molar-refractivity contribution in [1.82, 2.24) is 0 Å². The Morgan fingerprint density at radius 3 is 1.27 bits per heavy atom. The molecule has 1 saturated heterocycles. The first-order chi connectivity index (χ1) is 7.09. The molecule has 2 atom stereocenters. The molecule has 15 heavy (non-hydrogen) atoms. The van der Waals surface area contributed by atoms with E-state index < -0.39 is 0 Å². The average molecular weight is 218 g/mol. The van der Waals surface area contributed by atoms with Crippen molar-refractivity contribution in [2.45, 2.75) is 86.2 Å². The van der Waals surface area contributed by atoms with Gasteiger partial charge in [0.15, 0.2) is 5.79 Å². The Morgan fingerprint density at radius 1 is 0.800 bits per heavy atom. The highest BCUT2D eigenvalue weighted by Crippen LogP contribution is 2.30. The van der Waals surface area contributed by atoms with Gasteiger partial charge in [0, 0.05) is 0 Å². The van der Waals surface area contributed by atoms with E-state index in [1.54, 1.807) is 0 Å². The molecule has 0 amide bonds. The third kappa shape index (κ3) is 6.16. The van der Waals surface area contributed by atoms with E-state index in [2.05, 4.69) is 13.8 Å². The first kappa shape index (κ1) is 17.3. The zero-order chi connectivity index (χ0) is 12.5. The molecule has 0 spiro atoms. The van der Waals surface area contributed by atoms with E-state index in [0.29, 0.717) is 12.2 Å². The number of hydrogen-bond acceptors (Lipinski definition) is 2. The molecule has 1 aliphatic rings. The largest absolute Gasteiger partial charge is 0.345 e. The summed E-state index contributed by atoms with van der Waals surface area (Å²) < 4.78 is 11.4. The van der Waals surface area contributed by atoms with Crippen LogP contribution in [0.1, 0.15) is 68.2 Å². The van der Waals surface area contributed by atoms with E-state index in [4.69, 9.17) is 9.47 Å². The van der Waals surface area contributed by atoms with E-state index in [0.717, 1.165) is 12.8 Å². The number of ether oxygens (including phenoxy) is 2. The molecule has 1 aliphatic heterocycles. The lowest BCUT2D eigenvalue weighted by Crippen LogP contribution is -2.21. The van der Waals surface area contributed by atoms with Crippen LogP contribution in [0.15, 0.2) is 0 Å². The SMILES string of the molecule is CC.CC.CCC1OC(C)(C)OC1CC. The molecule has 0 radical (unpaired) electrons. The molecule has 0 aromatic carbocycles. The molecule has 1 fully saturated rings. The topological polar surface area (TPSA) is 18.5 Å². The van der Waals surface area contributed by atoms with Gasteiger partial charge in [0.05, 0.1) is 12.2 Å². The van der Waals surface area contributed by atoms with Crippen molar-refractivity contribution in [3.05, 3.63) is 0 Å². The highest BCUT2D eigenvalue weighted by Gasteiger charge is 2.38. The van der Waals surface area contributed by atoms with Gasteiger partial charge in [-0.1, -0.05) is 41.5 Å². The van der Waals surface area contributed by atoms with E-state index in [-0.39, 0.29) is 5.79 Å². The van der Waals surface area contributed by atoms with Crippen molar-refractivity contribution in [1.29, 1.82) is 0 Å². The lowest BCUT2D eigenvalue weighted by atomic mass is 10.1. The molecule has 0 aliphatic carbocycles. The number of hydrogen-bond donors (Lipinski definition) is 0. The van der Waals surface area contributed by atoms with Gasteiger partial charge in [-0.2, -0.15) is 0 Å². The fourth-order valence-corrected chi connectivity index (χ4v) is 1.60. The summed E-state index contributed by atoms with van der Waals surface area (Å²) in [4.78, 5) is 0. The van der Waals surface area contributed by atoms with Crippen molar-refractivity contribution in [2.24, 2.45) is 0 Å². The van der Waals surface area contributed by atoms with Crippen LogP contribution in [0, 0.1) is 0 Å². The van der Waals surface area contributed by atoms with Crippen LogP contribution in [-0.4, -0.2) is 18.0 Å². The van der Waals surface area contributed by atoms with Gasteiger partial charge in [0.25, 0.3) is 0 Å². The molecular formula is C13H30O2. The Balaban J connectivity index is 0. The molecule has 0 saturated carbocycles. The lowest BCUT2D eigenvalue weighted by Gasteiger charge is -2.16. The van der Waals surface area contributed by atoms with Crippen LogP contribution in [0.3, 0.4) is 0 Å². The van der Waals surface area contributed by atoms with Crippen LogP contribution in [0.2, 0.25) is 0 Å². The van der Waals surface area contributed by atoms with Crippen LogP contribution in [0.25, 0.3) is 0 Å². The van der Waals surface area contributed by atoms with Gasteiger partial charge in [0.2, 0.25) is 0 Å². The normalized spacial score (nSPS) is 27.2. The Labute approximate surface area is 96.4 Å². The lowest BCUT2D eigenvalue weighted by molar-refractivity contribution is -0.146. The second kappa shape index (κ2) is 9.17. The first-order valence-corrected chi connectivity index (χ1v) is 6.44. The Hall–Kier alpha value is -0.0800. The molecule has 2 unspecified atom stereocenters. The summed E-state index contributed by atoms with van der Waals surface area (Å²) in [5.74, 6) is -0.360. The van der Waals surface area contributed by atoms with Crippen molar-refractivity contribution < 1.29 is 9.47 Å². The van der Waals surface area contributed by atoms with Gasteiger partial charge in [-0.15, -0.1) is 0 Å². The smallest absolute Gasteiger partial charge is 0.163 e. The fourth-order valence-electron chi connectivity index (χ4n) is 1.60. The molecule has 0 bridgehead atoms. The summed E-state index contributed by atoms with van der Waals surface area (Å²) in [5, 5.41) is 0. The quantitative estimate of drug-likeness (QED) is 0.685. The summed E-state index contributed by atoms with van der Waals surface area (Å²) in [6, 6.07) is 0. The monoisotopic (exact) mass is 218 g/mol. The van der Waals surface area contributed by atoms with E-state index in [9.17, 15) is 0 Å². The van der Waals surface area contributed by atoms with Crippen LogP contribution >= 0.6 is 0 Å². The zero-order valence-electron chi connectivity index (χ0n) is 11.9. The van der Waals surface area contributed by atoms with Crippen LogP contribution < -0.4 is 0 Å². The van der Waals surface area contributed by atoms with Gasteiger partial charge >= 0.3 is 0 Å². The highest BCUT2D eigenvalue weighted by atomic mass is 16.7. The summed E-state index contributed by atoms with van der Waals surface area (Å²) in [7, 11) is 0. The van der Waals surface area contributed by atoms with Gasteiger partial charge in [-0.25, -0.2) is 0 Å². The molecule has 94 valence electrons. The van der Waals surface area contributed by atoms with E-state index in [1.165, 1.54) is 0 Å². The standard InChI is InChI=1S/C9H18O2.2C2H6/c1-5-7-8(6-2)11-9(3,4)10-7;2*1-2/h7-8H,5-6H2,1-4H3;2*1-2H3. The number of rotatable bonds is 2. The molecule has 2 nitrogen and oxygen atoms in total. The van der Waals surface area contributed by atoms with Crippen LogP contribution in [0.5, 0.6) is 0 Å². The third-order valence-corrected chi connectivity index (χ3v) is 2.09. The van der Waals surface area contributed by atoms with Crippen LogP contribution in [-0.2, 0) is 9.47 Å². The summed E-state index contributed by atoms with van der Waals surface area (Å²) in [5.41, 5.74) is 0. The van der Waals surface area contributed by atoms with Gasteiger partial charge < -0.3 is 9.47 Å². The fraction of sp³-hybridized carbons (Fsp3) is 1.00. The van der Waals surface area contributed by atoms with Gasteiger partial charge in [-0.3, -0.25) is 0 Å². The van der Waals surface area contributed by atoms with E-state index in [1.807, 2.05) is 41.5 Å². The van der Waals surface area contributed by atoms with Gasteiger partial charge in [0.1, 0.15) is 0 Å². The minimum atomic E-state index is -0.360. The second-order valence-corrected chi connectivity index (χ2v) is 3.53. The maximum atomic E-state index is 5.68. The van der Waals surface area contributed by atoms with Crippen molar-refractivity contribution >= 4 is 0 Å². The Bertz CT molecular complexity index is 118. The Kier molecular flexibility index (Phi) is 10.6. The summed E-state index contributed by atoms with van der Waals surface area (Å²) in [6.07, 6.45) is 2.69. The predicted molar refractivity (Wildman–Crippen MR) is 67.1 cm³/mol. The van der Waals surface area contributed by atoms with Crippen molar-refractivity contribution in [3.8, 4) is 0 Å². The third-order valence-electron chi connectivity index (χ3n) is 2.09. The summed E-state index contributed by atoms with van der Waals surface area (Å²) in [6.45, 7) is 16.2. The maximum Gasteiger partial charge on any atom is 0.163 e. The average Bonchev–Trinajstić information content (AvgIpc) is 2.59. The minimum absolute atomic E-state index is 0.301. The Morgan fingerprint density at radius 2 is 1.07 bits per heavy atom. The molecule has 1 heterocycles. The zero-order valence-corrected chi connectivity index (χ0v) is 11.9. The molecule has 0 aromatic rings. The maximum absolute atomic E-state index is 5.68. The molecule has 0 N–H and O–H groups in total. The van der Waals surface area contributed by atoms with E-state index >= 15 is 0 Å². The second-order valence-electron chi connectivity index (χ2n) is 3.53. The first-order valence-electron chi connectivity index (χ1n) is 6.44.